The number of nitrogens with one attached hydrogen (secondary N) is 1. The number of aliphatic imine (C=N–C) groups is 1. The van der Waals surface area contributed by atoms with Gasteiger partial charge in [0.1, 0.15) is 23.2 Å². The summed E-state index contributed by atoms with van der Waals surface area (Å²) in [4.78, 5) is 9.40. The van der Waals surface area contributed by atoms with E-state index >= 15 is 0 Å². The maximum absolute atomic E-state index is 12.8. The van der Waals surface area contributed by atoms with Crippen molar-refractivity contribution in [3.05, 3.63) is 46.2 Å². The Morgan fingerprint density at radius 2 is 2.00 bits per heavy atom. The summed E-state index contributed by atoms with van der Waals surface area (Å²) in [7, 11) is 3.34. The van der Waals surface area contributed by atoms with Gasteiger partial charge in [-0.15, -0.1) is 11.3 Å². The quantitative estimate of drug-likeness (QED) is 0.467. The molecular formula is C16H18F4N4OS. The minimum atomic E-state index is -4.44. The first-order valence-electron chi connectivity index (χ1n) is 7.61. The Labute approximate surface area is 152 Å². The van der Waals surface area contributed by atoms with Crippen molar-refractivity contribution in [2.45, 2.75) is 12.7 Å². The van der Waals surface area contributed by atoms with Crippen LogP contribution in [0, 0.1) is 5.82 Å². The molecule has 0 amide bonds. The lowest BCUT2D eigenvalue weighted by atomic mass is 10.3. The number of nitrogens with zero attached hydrogens (tertiary/aromatic N) is 3. The molecule has 0 aliphatic carbocycles. The SMILES string of the molecule is CN=C(NCc1nc(C(F)(F)F)cs1)N(C)CCOc1ccc(F)cc1. The van der Waals surface area contributed by atoms with Crippen LogP contribution in [0.5, 0.6) is 5.75 Å². The normalized spacial score (nSPS) is 12.2. The predicted molar refractivity (Wildman–Crippen MR) is 91.8 cm³/mol. The van der Waals surface area contributed by atoms with E-state index in [9.17, 15) is 17.6 Å². The number of halogens is 4. The summed E-state index contributed by atoms with van der Waals surface area (Å²) >= 11 is 0.934. The second kappa shape index (κ2) is 8.84. The van der Waals surface area contributed by atoms with Gasteiger partial charge in [-0.2, -0.15) is 13.2 Å². The molecule has 0 saturated heterocycles. The minimum absolute atomic E-state index is 0.135. The number of thiazole rings is 1. The average molecular weight is 390 g/mol. The number of likely N-dealkylation sites (N-methyl/N-ethyl adjacent to an activating group) is 1. The monoisotopic (exact) mass is 390 g/mol. The second-order valence-corrected chi connectivity index (χ2v) is 6.19. The molecule has 0 unspecified atom stereocenters. The number of ether oxygens (including phenoxy) is 1. The second-order valence-electron chi connectivity index (χ2n) is 5.25. The fourth-order valence-electron chi connectivity index (χ4n) is 2.00. The van der Waals surface area contributed by atoms with Gasteiger partial charge in [-0.3, -0.25) is 4.99 Å². The van der Waals surface area contributed by atoms with Crippen LogP contribution in [-0.2, 0) is 12.7 Å². The van der Waals surface area contributed by atoms with E-state index in [0.29, 0.717) is 29.9 Å². The highest BCUT2D eigenvalue weighted by molar-refractivity contribution is 7.09. The zero-order valence-corrected chi connectivity index (χ0v) is 15.0. The molecular weight excluding hydrogens is 372 g/mol. The van der Waals surface area contributed by atoms with Crippen molar-refractivity contribution >= 4 is 17.3 Å². The fourth-order valence-corrected chi connectivity index (χ4v) is 2.74. The summed E-state index contributed by atoms with van der Waals surface area (Å²) in [5.74, 6) is 0.705. The molecule has 142 valence electrons. The van der Waals surface area contributed by atoms with Gasteiger partial charge in [0.15, 0.2) is 11.7 Å². The van der Waals surface area contributed by atoms with Crippen LogP contribution in [0.1, 0.15) is 10.7 Å². The van der Waals surface area contributed by atoms with Gasteiger partial charge in [0.25, 0.3) is 0 Å². The Hall–Kier alpha value is -2.36. The lowest BCUT2D eigenvalue weighted by Gasteiger charge is -2.21. The Bertz CT molecular complexity index is 731. The van der Waals surface area contributed by atoms with E-state index in [4.69, 9.17) is 4.74 Å². The number of alkyl halides is 3. The fraction of sp³-hybridized carbons (Fsp3) is 0.375. The van der Waals surface area contributed by atoms with Crippen LogP contribution in [0.15, 0.2) is 34.6 Å². The highest BCUT2D eigenvalue weighted by Crippen LogP contribution is 2.29. The first-order valence-corrected chi connectivity index (χ1v) is 8.49. The largest absolute Gasteiger partial charge is 0.492 e. The Kier molecular flexibility index (Phi) is 6.78. The van der Waals surface area contributed by atoms with Gasteiger partial charge in [-0.05, 0) is 24.3 Å². The number of rotatable bonds is 6. The summed E-state index contributed by atoms with van der Waals surface area (Å²) in [5, 5.41) is 4.26. The molecule has 1 aromatic heterocycles. The molecule has 10 heteroatoms. The summed E-state index contributed by atoms with van der Waals surface area (Å²) in [6, 6.07) is 5.68. The van der Waals surface area contributed by atoms with E-state index in [-0.39, 0.29) is 12.4 Å². The van der Waals surface area contributed by atoms with Crippen LogP contribution in [0.4, 0.5) is 17.6 Å². The van der Waals surface area contributed by atoms with Crippen molar-refractivity contribution in [3.63, 3.8) is 0 Å². The highest BCUT2D eigenvalue weighted by Gasteiger charge is 2.33. The van der Waals surface area contributed by atoms with Crippen LogP contribution in [0.25, 0.3) is 0 Å². The van der Waals surface area contributed by atoms with Crippen LogP contribution in [0.2, 0.25) is 0 Å². The molecule has 0 atom stereocenters. The van der Waals surface area contributed by atoms with Crippen molar-refractivity contribution in [3.8, 4) is 5.75 Å². The van der Waals surface area contributed by atoms with E-state index in [1.54, 1.807) is 19.0 Å². The maximum Gasteiger partial charge on any atom is 0.434 e. The van der Waals surface area contributed by atoms with Crippen molar-refractivity contribution < 1.29 is 22.3 Å². The molecule has 1 N–H and O–H groups in total. The molecule has 0 radical (unpaired) electrons. The summed E-state index contributed by atoms with van der Waals surface area (Å²) in [5.41, 5.74) is -0.893. The molecule has 5 nitrogen and oxygen atoms in total. The van der Waals surface area contributed by atoms with E-state index in [1.165, 1.54) is 24.3 Å². The smallest absolute Gasteiger partial charge is 0.434 e. The zero-order valence-electron chi connectivity index (χ0n) is 14.2. The molecule has 1 heterocycles. The molecule has 2 rings (SSSR count). The maximum atomic E-state index is 12.8. The first-order chi connectivity index (χ1) is 12.3. The lowest BCUT2D eigenvalue weighted by molar-refractivity contribution is -0.140. The van der Waals surface area contributed by atoms with E-state index in [2.05, 4.69) is 15.3 Å². The number of hydrogen-bond donors (Lipinski definition) is 1. The number of guanidine groups is 1. The van der Waals surface area contributed by atoms with Crippen molar-refractivity contribution in [2.24, 2.45) is 4.99 Å². The van der Waals surface area contributed by atoms with Crippen molar-refractivity contribution in [1.82, 2.24) is 15.2 Å². The molecule has 2 aromatic rings. The standard InChI is InChI=1S/C16H18F4N4OS/c1-21-15(22-9-14-23-13(10-26-14)16(18,19)20)24(2)7-8-25-12-5-3-11(17)4-6-12/h3-6,10H,7-9H2,1-2H3,(H,21,22). The first kappa shape index (κ1) is 20.0. The molecule has 0 saturated carbocycles. The molecule has 0 aliphatic rings. The van der Waals surface area contributed by atoms with Crippen LogP contribution in [0.3, 0.4) is 0 Å². The van der Waals surface area contributed by atoms with Crippen molar-refractivity contribution in [1.29, 1.82) is 0 Å². The minimum Gasteiger partial charge on any atom is -0.492 e. The summed E-state index contributed by atoms with van der Waals surface area (Å²) in [6.45, 7) is 0.942. The Morgan fingerprint density at radius 1 is 1.31 bits per heavy atom. The summed E-state index contributed by atoms with van der Waals surface area (Å²) in [6.07, 6.45) is -4.44. The molecule has 26 heavy (non-hydrogen) atoms. The lowest BCUT2D eigenvalue weighted by Crippen LogP contribution is -2.40. The summed E-state index contributed by atoms with van der Waals surface area (Å²) < 4.78 is 56.0. The van der Waals surface area contributed by atoms with Crippen molar-refractivity contribution in [2.75, 3.05) is 27.2 Å². The number of benzene rings is 1. The van der Waals surface area contributed by atoms with Gasteiger partial charge in [0, 0.05) is 19.5 Å². The Morgan fingerprint density at radius 3 is 2.58 bits per heavy atom. The highest BCUT2D eigenvalue weighted by atomic mass is 32.1. The van der Waals surface area contributed by atoms with Crippen LogP contribution in [-0.4, -0.2) is 43.1 Å². The van der Waals surface area contributed by atoms with E-state index in [1.807, 2.05) is 0 Å². The third-order valence-corrected chi connectivity index (χ3v) is 4.17. The third kappa shape index (κ3) is 5.87. The van der Waals surface area contributed by atoms with Gasteiger partial charge >= 0.3 is 6.18 Å². The van der Waals surface area contributed by atoms with Gasteiger partial charge in [0.2, 0.25) is 0 Å². The van der Waals surface area contributed by atoms with E-state index in [0.717, 1.165) is 16.7 Å². The molecule has 0 bridgehead atoms. The van der Waals surface area contributed by atoms with Gasteiger partial charge in [-0.1, -0.05) is 0 Å². The molecule has 1 aromatic carbocycles. The zero-order chi connectivity index (χ0) is 19.2. The Balaban J connectivity index is 1.80. The topological polar surface area (TPSA) is 49.8 Å². The van der Waals surface area contributed by atoms with Gasteiger partial charge in [-0.25, -0.2) is 9.37 Å². The number of hydrogen-bond acceptors (Lipinski definition) is 4. The van der Waals surface area contributed by atoms with Crippen LogP contribution >= 0.6 is 11.3 Å². The molecule has 0 aliphatic heterocycles. The van der Waals surface area contributed by atoms with Gasteiger partial charge in [0.05, 0.1) is 13.1 Å². The molecule has 0 spiro atoms. The van der Waals surface area contributed by atoms with Crippen LogP contribution < -0.4 is 10.1 Å². The predicted octanol–water partition coefficient (Wildman–Crippen LogP) is 3.39. The molecule has 0 fully saturated rings. The number of aromatic nitrogens is 1. The van der Waals surface area contributed by atoms with Gasteiger partial charge < -0.3 is 15.0 Å². The third-order valence-electron chi connectivity index (χ3n) is 3.32. The average Bonchev–Trinajstić information content (AvgIpc) is 3.06. The van der Waals surface area contributed by atoms with E-state index < -0.39 is 11.9 Å².